The number of carbonyl (C=O) groups is 2. The molecule has 1 fully saturated rings. The Kier molecular flexibility index (Phi) is 5.57. The van der Waals surface area contributed by atoms with Gasteiger partial charge in [-0.2, -0.15) is 0 Å². The van der Waals surface area contributed by atoms with Crippen LogP contribution in [0.2, 0.25) is 0 Å². The lowest BCUT2D eigenvalue weighted by Crippen LogP contribution is -2.46. The van der Waals surface area contributed by atoms with Crippen molar-refractivity contribution in [2.75, 3.05) is 26.7 Å². The number of benzene rings is 1. The number of piperidine rings is 1. The molecular formula is C21H25NO4. The van der Waals surface area contributed by atoms with Gasteiger partial charge in [-0.25, -0.2) is 4.79 Å². The summed E-state index contributed by atoms with van der Waals surface area (Å²) in [5.74, 6) is -1.39. The van der Waals surface area contributed by atoms with Crippen molar-refractivity contribution in [3.05, 3.63) is 59.7 Å². The van der Waals surface area contributed by atoms with Gasteiger partial charge in [-0.3, -0.25) is 4.79 Å². The molecule has 2 atom stereocenters. The van der Waals surface area contributed by atoms with E-state index in [1.165, 1.54) is 7.11 Å². The van der Waals surface area contributed by atoms with Gasteiger partial charge < -0.3 is 14.7 Å². The van der Waals surface area contributed by atoms with Crippen molar-refractivity contribution in [2.24, 2.45) is 5.92 Å². The molecule has 0 bridgehead atoms. The molecule has 26 heavy (non-hydrogen) atoms. The third kappa shape index (κ3) is 3.73. The zero-order valence-corrected chi connectivity index (χ0v) is 15.1. The molecule has 1 aliphatic carbocycles. The van der Waals surface area contributed by atoms with Gasteiger partial charge in [0.25, 0.3) is 0 Å². The predicted molar refractivity (Wildman–Crippen MR) is 99.2 cm³/mol. The SMILES string of the molecule is COC(=O)c1ccccc1C1(CN2CCCC(C(=O)O)C2)C=CC=CC1. The average Bonchev–Trinajstić information content (AvgIpc) is 2.68. The fraction of sp³-hybridized carbons (Fsp3) is 0.429. The van der Waals surface area contributed by atoms with Crippen LogP contribution in [0.25, 0.3) is 0 Å². The van der Waals surface area contributed by atoms with E-state index in [1.807, 2.05) is 30.4 Å². The van der Waals surface area contributed by atoms with Gasteiger partial charge in [-0.1, -0.05) is 42.5 Å². The van der Waals surface area contributed by atoms with Gasteiger partial charge >= 0.3 is 11.9 Å². The molecule has 0 spiro atoms. The Morgan fingerprint density at radius 2 is 2.12 bits per heavy atom. The lowest BCUT2D eigenvalue weighted by atomic mass is 9.72. The smallest absolute Gasteiger partial charge is 0.338 e. The maximum Gasteiger partial charge on any atom is 0.338 e. The first-order valence-corrected chi connectivity index (χ1v) is 9.03. The molecule has 1 saturated heterocycles. The summed E-state index contributed by atoms with van der Waals surface area (Å²) in [5.41, 5.74) is 1.14. The predicted octanol–water partition coefficient (Wildman–Crippen LogP) is 3.02. The molecule has 0 amide bonds. The van der Waals surface area contributed by atoms with Crippen LogP contribution in [0.1, 0.15) is 35.2 Å². The molecule has 3 rings (SSSR count). The third-order valence-electron chi connectivity index (χ3n) is 5.37. The summed E-state index contributed by atoms with van der Waals surface area (Å²) < 4.78 is 4.98. The van der Waals surface area contributed by atoms with Gasteiger partial charge in [-0.05, 0) is 37.4 Å². The quantitative estimate of drug-likeness (QED) is 0.823. The molecule has 1 aromatic rings. The van der Waals surface area contributed by atoms with E-state index < -0.39 is 5.97 Å². The Hall–Kier alpha value is -2.40. The average molecular weight is 355 g/mol. The zero-order chi connectivity index (χ0) is 18.6. The topological polar surface area (TPSA) is 66.8 Å². The zero-order valence-electron chi connectivity index (χ0n) is 15.1. The van der Waals surface area contributed by atoms with Gasteiger partial charge in [0.05, 0.1) is 18.6 Å². The molecule has 0 radical (unpaired) electrons. The Labute approximate surface area is 154 Å². The van der Waals surface area contributed by atoms with Crippen LogP contribution in [0.5, 0.6) is 0 Å². The van der Waals surface area contributed by atoms with Gasteiger partial charge in [0.1, 0.15) is 0 Å². The van der Waals surface area contributed by atoms with Crippen LogP contribution in [0, 0.1) is 5.92 Å². The van der Waals surface area contributed by atoms with E-state index in [9.17, 15) is 14.7 Å². The fourth-order valence-corrected chi connectivity index (χ4v) is 4.07. The van der Waals surface area contributed by atoms with Crippen molar-refractivity contribution in [3.8, 4) is 0 Å². The van der Waals surface area contributed by atoms with Crippen molar-refractivity contribution in [1.29, 1.82) is 0 Å². The highest BCUT2D eigenvalue weighted by molar-refractivity contribution is 5.91. The Morgan fingerprint density at radius 1 is 1.31 bits per heavy atom. The van der Waals surface area contributed by atoms with E-state index in [0.717, 1.165) is 31.4 Å². The summed E-state index contributed by atoms with van der Waals surface area (Å²) in [5, 5.41) is 9.38. The van der Waals surface area contributed by atoms with E-state index in [1.54, 1.807) is 6.07 Å². The minimum absolute atomic E-state index is 0.320. The van der Waals surface area contributed by atoms with Crippen molar-refractivity contribution in [1.82, 2.24) is 4.90 Å². The van der Waals surface area contributed by atoms with E-state index in [2.05, 4.69) is 17.1 Å². The van der Waals surface area contributed by atoms with Gasteiger partial charge in [0.15, 0.2) is 0 Å². The number of carboxylic acid groups (broad SMARTS) is 1. The fourth-order valence-electron chi connectivity index (χ4n) is 4.07. The summed E-state index contributed by atoms with van der Waals surface area (Å²) in [6.07, 6.45) is 10.6. The third-order valence-corrected chi connectivity index (χ3v) is 5.37. The highest BCUT2D eigenvalue weighted by Gasteiger charge is 2.37. The molecular weight excluding hydrogens is 330 g/mol. The molecule has 2 aliphatic rings. The highest BCUT2D eigenvalue weighted by atomic mass is 16.5. The van der Waals surface area contributed by atoms with Gasteiger partial charge in [-0.15, -0.1) is 0 Å². The van der Waals surface area contributed by atoms with E-state index >= 15 is 0 Å². The molecule has 0 aromatic heterocycles. The highest BCUT2D eigenvalue weighted by Crippen LogP contribution is 2.37. The summed E-state index contributed by atoms with van der Waals surface area (Å²) in [7, 11) is 1.39. The number of hydrogen-bond acceptors (Lipinski definition) is 4. The van der Waals surface area contributed by atoms with Crippen molar-refractivity contribution < 1.29 is 19.4 Å². The summed E-state index contributed by atoms with van der Waals surface area (Å²) in [6, 6.07) is 7.55. The lowest BCUT2D eigenvalue weighted by molar-refractivity contribution is -0.143. The maximum atomic E-state index is 12.3. The van der Waals surface area contributed by atoms with Crippen molar-refractivity contribution in [3.63, 3.8) is 0 Å². The Morgan fingerprint density at radius 3 is 2.81 bits per heavy atom. The van der Waals surface area contributed by atoms with Crippen LogP contribution in [-0.4, -0.2) is 48.7 Å². The summed E-state index contributed by atoms with van der Waals surface area (Å²) in [4.78, 5) is 25.9. The second-order valence-electron chi connectivity index (χ2n) is 7.10. The van der Waals surface area contributed by atoms with E-state index in [-0.39, 0.29) is 17.3 Å². The van der Waals surface area contributed by atoms with Crippen LogP contribution < -0.4 is 0 Å². The molecule has 5 nitrogen and oxygen atoms in total. The first-order valence-electron chi connectivity index (χ1n) is 9.03. The Balaban J connectivity index is 1.94. The van der Waals surface area contributed by atoms with Crippen LogP contribution in [0.3, 0.4) is 0 Å². The monoisotopic (exact) mass is 355 g/mol. The number of allylic oxidation sites excluding steroid dienone is 3. The number of carboxylic acids is 1. The second kappa shape index (κ2) is 7.87. The number of nitrogens with zero attached hydrogens (tertiary/aromatic N) is 1. The number of esters is 1. The van der Waals surface area contributed by atoms with Crippen LogP contribution in [0.4, 0.5) is 0 Å². The number of ether oxygens (including phenoxy) is 1. The minimum atomic E-state index is -0.724. The van der Waals surface area contributed by atoms with Gasteiger partial charge in [0.2, 0.25) is 0 Å². The standard InChI is InChI=1S/C21H25NO4/c1-26-20(25)17-9-3-4-10-18(17)21(11-5-2-6-12-21)15-22-13-7-8-16(14-22)19(23)24/h2-6,9-11,16H,7-8,12-15H2,1H3,(H,23,24). The van der Waals surface area contributed by atoms with Crippen LogP contribution in [0.15, 0.2) is 48.6 Å². The Bertz CT molecular complexity index is 739. The lowest BCUT2D eigenvalue weighted by Gasteiger charge is -2.40. The number of aliphatic carboxylic acids is 1. The maximum absolute atomic E-state index is 12.3. The molecule has 1 aromatic carbocycles. The molecule has 1 aliphatic heterocycles. The molecule has 0 saturated carbocycles. The van der Waals surface area contributed by atoms with Crippen LogP contribution in [-0.2, 0) is 14.9 Å². The number of carbonyl (C=O) groups excluding carboxylic acids is 1. The largest absolute Gasteiger partial charge is 0.481 e. The van der Waals surface area contributed by atoms with Crippen LogP contribution >= 0.6 is 0 Å². The molecule has 1 heterocycles. The van der Waals surface area contributed by atoms with Crippen molar-refractivity contribution in [2.45, 2.75) is 24.7 Å². The number of likely N-dealkylation sites (tertiary alicyclic amines) is 1. The molecule has 5 heteroatoms. The molecule has 1 N–H and O–H groups in total. The summed E-state index contributed by atoms with van der Waals surface area (Å²) >= 11 is 0. The number of methoxy groups -OCH3 is 1. The molecule has 138 valence electrons. The summed E-state index contributed by atoms with van der Waals surface area (Å²) in [6.45, 7) is 2.12. The van der Waals surface area contributed by atoms with E-state index in [4.69, 9.17) is 4.74 Å². The second-order valence-corrected chi connectivity index (χ2v) is 7.10. The number of hydrogen-bond donors (Lipinski definition) is 1. The van der Waals surface area contributed by atoms with Gasteiger partial charge in [0, 0.05) is 18.5 Å². The molecule has 2 unspecified atom stereocenters. The first kappa shape index (κ1) is 18.4. The first-order chi connectivity index (χ1) is 12.6. The number of rotatable bonds is 5. The normalized spacial score (nSPS) is 25.8. The van der Waals surface area contributed by atoms with Crippen molar-refractivity contribution >= 4 is 11.9 Å². The minimum Gasteiger partial charge on any atom is -0.481 e. The van der Waals surface area contributed by atoms with E-state index in [0.29, 0.717) is 18.7 Å².